The van der Waals surface area contributed by atoms with Gasteiger partial charge in [-0.3, -0.25) is 0 Å². The van der Waals surface area contributed by atoms with E-state index in [1.165, 1.54) is 12.1 Å². The minimum atomic E-state index is -3.68. The van der Waals surface area contributed by atoms with Crippen LogP contribution in [0.3, 0.4) is 0 Å². The maximum atomic E-state index is 13.5. The van der Waals surface area contributed by atoms with Crippen LogP contribution in [0.4, 0.5) is 4.39 Å². The molecule has 0 aromatic heterocycles. The van der Waals surface area contributed by atoms with E-state index in [1.807, 2.05) is 0 Å². The average molecular weight is 364 g/mol. The van der Waals surface area contributed by atoms with Gasteiger partial charge in [0.25, 0.3) is 0 Å². The van der Waals surface area contributed by atoms with Crippen molar-refractivity contribution in [3.05, 3.63) is 28.5 Å². The maximum absolute atomic E-state index is 13.5. The molecule has 1 atom stereocenters. The first-order chi connectivity index (χ1) is 9.22. The number of hydrogen-bond donors (Lipinski definition) is 1. The Morgan fingerprint density at radius 3 is 2.65 bits per heavy atom. The van der Waals surface area contributed by atoms with Gasteiger partial charge in [-0.1, -0.05) is 26.7 Å². The Morgan fingerprint density at radius 1 is 1.35 bits per heavy atom. The lowest BCUT2D eigenvalue weighted by atomic mass is 9.74. The highest BCUT2D eigenvalue weighted by molar-refractivity contribution is 9.10. The van der Waals surface area contributed by atoms with Crippen LogP contribution in [0.15, 0.2) is 27.6 Å². The molecule has 1 aliphatic rings. The summed E-state index contributed by atoms with van der Waals surface area (Å²) in [6, 6.07) is 3.76. The molecule has 1 saturated carbocycles. The van der Waals surface area contributed by atoms with Crippen LogP contribution in [0.2, 0.25) is 0 Å². The van der Waals surface area contributed by atoms with Crippen LogP contribution in [0, 0.1) is 11.2 Å². The summed E-state index contributed by atoms with van der Waals surface area (Å²) in [5, 5.41) is 0. The fraction of sp³-hybridized carbons (Fsp3) is 0.571. The van der Waals surface area contributed by atoms with E-state index in [-0.39, 0.29) is 20.8 Å². The summed E-state index contributed by atoms with van der Waals surface area (Å²) in [7, 11) is -3.68. The Kier molecular flexibility index (Phi) is 4.56. The van der Waals surface area contributed by atoms with Gasteiger partial charge in [0.1, 0.15) is 5.82 Å². The Balaban J connectivity index is 2.24. The third kappa shape index (κ3) is 3.40. The molecule has 1 aliphatic carbocycles. The molecule has 6 heteroatoms. The van der Waals surface area contributed by atoms with E-state index in [2.05, 4.69) is 34.5 Å². The van der Waals surface area contributed by atoms with E-state index < -0.39 is 15.8 Å². The summed E-state index contributed by atoms with van der Waals surface area (Å²) in [5.74, 6) is -0.573. The molecule has 1 fully saturated rings. The molecule has 2 rings (SSSR count). The van der Waals surface area contributed by atoms with E-state index in [0.29, 0.717) is 0 Å². The Hall–Kier alpha value is -0.460. The van der Waals surface area contributed by atoms with Crippen LogP contribution in [-0.4, -0.2) is 14.5 Å². The van der Waals surface area contributed by atoms with Gasteiger partial charge in [-0.2, -0.15) is 0 Å². The largest absolute Gasteiger partial charge is 0.240 e. The van der Waals surface area contributed by atoms with Crippen molar-refractivity contribution in [3.8, 4) is 0 Å². The van der Waals surface area contributed by atoms with E-state index in [9.17, 15) is 12.8 Å². The molecule has 0 radical (unpaired) electrons. The van der Waals surface area contributed by atoms with Crippen LogP contribution in [0.25, 0.3) is 0 Å². The molecule has 1 aromatic rings. The summed E-state index contributed by atoms with van der Waals surface area (Å²) < 4.78 is 41.2. The Morgan fingerprint density at radius 2 is 2.05 bits per heavy atom. The van der Waals surface area contributed by atoms with Crippen molar-refractivity contribution in [1.29, 1.82) is 0 Å². The number of nitrogens with one attached hydrogen (secondary N) is 1. The number of hydrogen-bond acceptors (Lipinski definition) is 2. The van der Waals surface area contributed by atoms with E-state index in [4.69, 9.17) is 0 Å². The molecule has 0 saturated heterocycles. The summed E-state index contributed by atoms with van der Waals surface area (Å²) >= 11 is 3.02. The number of halogens is 2. The monoisotopic (exact) mass is 363 g/mol. The van der Waals surface area contributed by atoms with Gasteiger partial charge < -0.3 is 0 Å². The Labute approximate surface area is 128 Å². The second-order valence-electron chi connectivity index (χ2n) is 5.98. The minimum absolute atomic E-state index is 0.0282. The highest BCUT2D eigenvalue weighted by Crippen LogP contribution is 2.36. The van der Waals surface area contributed by atoms with Crippen LogP contribution >= 0.6 is 15.9 Å². The second kappa shape index (κ2) is 5.73. The molecular formula is C14H19BrFNO2S. The van der Waals surface area contributed by atoms with Crippen molar-refractivity contribution in [3.63, 3.8) is 0 Å². The van der Waals surface area contributed by atoms with Crippen molar-refractivity contribution in [2.24, 2.45) is 5.41 Å². The predicted molar refractivity (Wildman–Crippen MR) is 80.5 cm³/mol. The van der Waals surface area contributed by atoms with Gasteiger partial charge in [-0.25, -0.2) is 17.5 Å². The van der Waals surface area contributed by atoms with Crippen LogP contribution in [0.1, 0.15) is 39.5 Å². The molecule has 1 N–H and O–H groups in total. The van der Waals surface area contributed by atoms with E-state index in [1.54, 1.807) is 0 Å². The van der Waals surface area contributed by atoms with Gasteiger partial charge in [0.05, 0.1) is 9.37 Å². The highest BCUT2D eigenvalue weighted by atomic mass is 79.9. The summed E-state index contributed by atoms with van der Waals surface area (Å²) in [6.45, 7) is 4.14. The molecule has 0 bridgehead atoms. The standard InChI is InChI=1S/C14H19BrFNO2S/c1-14(2)8-4-3-5-13(14)17-20(18,19)10-6-7-11(15)12(16)9-10/h6-7,9,13,17H,3-5,8H2,1-2H3. The predicted octanol–water partition coefficient (Wildman–Crippen LogP) is 3.84. The molecule has 0 aliphatic heterocycles. The van der Waals surface area contributed by atoms with Crippen molar-refractivity contribution >= 4 is 26.0 Å². The first-order valence-corrected chi connectivity index (χ1v) is 8.97. The zero-order valence-corrected chi connectivity index (χ0v) is 14.0. The average Bonchev–Trinajstić information content (AvgIpc) is 2.35. The normalized spacial score (nSPS) is 22.7. The van der Waals surface area contributed by atoms with Gasteiger partial charge in [0.15, 0.2) is 0 Å². The SMILES string of the molecule is CC1(C)CCCCC1NS(=O)(=O)c1ccc(Br)c(F)c1. The smallest absolute Gasteiger partial charge is 0.208 e. The third-order valence-corrected chi connectivity index (χ3v) is 6.12. The summed E-state index contributed by atoms with van der Waals surface area (Å²) in [6.07, 6.45) is 3.96. The molecule has 20 heavy (non-hydrogen) atoms. The van der Waals surface area contributed by atoms with E-state index >= 15 is 0 Å². The lowest BCUT2D eigenvalue weighted by Gasteiger charge is -2.38. The zero-order chi connectivity index (χ0) is 15.0. The number of rotatable bonds is 3. The third-order valence-electron chi connectivity index (χ3n) is 4.01. The molecule has 112 valence electrons. The van der Waals surface area contributed by atoms with Crippen molar-refractivity contribution in [2.75, 3.05) is 0 Å². The van der Waals surface area contributed by atoms with Gasteiger partial charge in [-0.05, 0) is 52.4 Å². The van der Waals surface area contributed by atoms with Crippen LogP contribution in [0.5, 0.6) is 0 Å². The Bertz CT molecular complexity index is 601. The molecule has 0 heterocycles. The summed E-state index contributed by atoms with van der Waals surface area (Å²) in [4.78, 5) is -0.0282. The lowest BCUT2D eigenvalue weighted by Crippen LogP contribution is -2.46. The number of sulfonamides is 1. The van der Waals surface area contributed by atoms with E-state index in [0.717, 1.165) is 31.7 Å². The van der Waals surface area contributed by atoms with Crippen LogP contribution < -0.4 is 4.72 Å². The molecule has 1 unspecified atom stereocenters. The quantitative estimate of drug-likeness (QED) is 0.886. The zero-order valence-electron chi connectivity index (χ0n) is 11.6. The lowest BCUT2D eigenvalue weighted by molar-refractivity contribution is 0.188. The topological polar surface area (TPSA) is 46.2 Å². The highest BCUT2D eigenvalue weighted by Gasteiger charge is 2.35. The van der Waals surface area contributed by atoms with Gasteiger partial charge in [0.2, 0.25) is 10.0 Å². The molecule has 0 spiro atoms. The second-order valence-corrected chi connectivity index (χ2v) is 8.55. The fourth-order valence-corrected chi connectivity index (χ4v) is 4.31. The van der Waals surface area contributed by atoms with Gasteiger partial charge in [0, 0.05) is 6.04 Å². The van der Waals surface area contributed by atoms with Crippen molar-refractivity contribution in [2.45, 2.75) is 50.5 Å². The van der Waals surface area contributed by atoms with Crippen molar-refractivity contribution in [1.82, 2.24) is 4.72 Å². The first kappa shape index (κ1) is 15.9. The first-order valence-electron chi connectivity index (χ1n) is 6.70. The molecule has 3 nitrogen and oxygen atoms in total. The van der Waals surface area contributed by atoms with Crippen molar-refractivity contribution < 1.29 is 12.8 Å². The minimum Gasteiger partial charge on any atom is -0.208 e. The maximum Gasteiger partial charge on any atom is 0.240 e. The molecule has 0 amide bonds. The van der Waals surface area contributed by atoms with Gasteiger partial charge >= 0.3 is 0 Å². The molecular weight excluding hydrogens is 345 g/mol. The number of benzene rings is 1. The fourth-order valence-electron chi connectivity index (χ4n) is 2.61. The van der Waals surface area contributed by atoms with Crippen LogP contribution in [-0.2, 0) is 10.0 Å². The van der Waals surface area contributed by atoms with Gasteiger partial charge in [-0.15, -0.1) is 0 Å². The summed E-state index contributed by atoms with van der Waals surface area (Å²) in [5.41, 5.74) is -0.0702. The molecule has 1 aromatic carbocycles.